The summed E-state index contributed by atoms with van der Waals surface area (Å²) in [5.74, 6) is -0.872. The number of aromatic hydroxyl groups is 1. The predicted molar refractivity (Wildman–Crippen MR) is 52.3 cm³/mol. The van der Waals surface area contributed by atoms with Crippen molar-refractivity contribution in [3.63, 3.8) is 0 Å². The van der Waals surface area contributed by atoms with Gasteiger partial charge in [0, 0.05) is 0 Å². The normalized spacial score (nSPS) is 23.6. The average molecular weight is 208 g/mol. The first kappa shape index (κ1) is 9.98. The molecule has 0 radical (unpaired) electrons. The van der Waals surface area contributed by atoms with Crippen LogP contribution in [-0.2, 0) is 16.0 Å². The summed E-state index contributed by atoms with van der Waals surface area (Å²) in [5.41, 5.74) is 1.50. The molecule has 2 rings (SSSR count). The third kappa shape index (κ3) is 1.57. The summed E-state index contributed by atoms with van der Waals surface area (Å²) in [7, 11) is 1.30. The lowest BCUT2D eigenvalue weighted by atomic mass is 10.0. The molecule has 1 aromatic rings. The lowest BCUT2D eigenvalue weighted by molar-refractivity contribution is -0.148. The van der Waals surface area contributed by atoms with E-state index in [1.54, 1.807) is 12.1 Å². The molecule has 0 amide bonds. The van der Waals surface area contributed by atoms with Crippen molar-refractivity contribution in [3.05, 3.63) is 29.3 Å². The van der Waals surface area contributed by atoms with Gasteiger partial charge in [0.15, 0.2) is 0 Å². The number of aliphatic hydroxyl groups is 1. The van der Waals surface area contributed by atoms with Gasteiger partial charge < -0.3 is 14.9 Å². The molecule has 0 aliphatic heterocycles. The topological polar surface area (TPSA) is 66.8 Å². The van der Waals surface area contributed by atoms with Crippen LogP contribution < -0.4 is 0 Å². The lowest BCUT2D eigenvalue weighted by Crippen LogP contribution is -2.20. The molecule has 1 aliphatic rings. The Morgan fingerprint density at radius 2 is 2.27 bits per heavy atom. The number of hydrogen-bond donors (Lipinski definition) is 2. The first-order chi connectivity index (χ1) is 7.13. The Morgan fingerprint density at radius 3 is 2.93 bits per heavy atom. The molecule has 4 heteroatoms. The summed E-state index contributed by atoms with van der Waals surface area (Å²) in [6.07, 6.45) is -0.414. The highest BCUT2D eigenvalue weighted by atomic mass is 16.5. The zero-order chi connectivity index (χ0) is 11.0. The number of methoxy groups -OCH3 is 1. The highest BCUT2D eigenvalue weighted by molar-refractivity contribution is 5.75. The zero-order valence-electron chi connectivity index (χ0n) is 8.30. The molecular formula is C11H12O4. The first-order valence-electron chi connectivity index (χ1n) is 4.71. The van der Waals surface area contributed by atoms with Gasteiger partial charge in [0.25, 0.3) is 0 Å². The number of benzene rings is 1. The van der Waals surface area contributed by atoms with Crippen LogP contribution in [0.15, 0.2) is 18.2 Å². The molecule has 2 atom stereocenters. The van der Waals surface area contributed by atoms with E-state index in [0.29, 0.717) is 12.0 Å². The van der Waals surface area contributed by atoms with Gasteiger partial charge in [0.1, 0.15) is 5.75 Å². The molecule has 0 heterocycles. The molecule has 0 aromatic heterocycles. The molecule has 15 heavy (non-hydrogen) atoms. The van der Waals surface area contributed by atoms with Gasteiger partial charge in [0.2, 0.25) is 0 Å². The minimum absolute atomic E-state index is 0.0957. The van der Waals surface area contributed by atoms with E-state index in [2.05, 4.69) is 4.74 Å². The van der Waals surface area contributed by atoms with Crippen molar-refractivity contribution in [1.29, 1.82) is 0 Å². The molecule has 1 aliphatic carbocycles. The van der Waals surface area contributed by atoms with E-state index in [-0.39, 0.29) is 5.75 Å². The maximum absolute atomic E-state index is 11.3. The van der Waals surface area contributed by atoms with Gasteiger partial charge in [0.05, 0.1) is 19.1 Å². The minimum atomic E-state index is -0.875. The van der Waals surface area contributed by atoms with E-state index >= 15 is 0 Å². The SMILES string of the molecule is COC(=O)C1Cc2ccc(O)cc2C1O. The number of rotatable bonds is 1. The van der Waals surface area contributed by atoms with Crippen molar-refractivity contribution in [2.45, 2.75) is 12.5 Å². The van der Waals surface area contributed by atoms with Crippen LogP contribution in [0.1, 0.15) is 17.2 Å². The summed E-state index contributed by atoms with van der Waals surface area (Å²) in [6, 6.07) is 4.75. The molecule has 2 unspecified atom stereocenters. The van der Waals surface area contributed by atoms with E-state index < -0.39 is 18.0 Å². The number of esters is 1. The number of phenolic OH excluding ortho intramolecular Hbond substituents is 1. The summed E-state index contributed by atoms with van der Waals surface area (Å²) >= 11 is 0. The van der Waals surface area contributed by atoms with Crippen LogP contribution in [0.2, 0.25) is 0 Å². The van der Waals surface area contributed by atoms with Crippen LogP contribution in [0.3, 0.4) is 0 Å². The van der Waals surface area contributed by atoms with Crippen molar-refractivity contribution in [2.75, 3.05) is 7.11 Å². The van der Waals surface area contributed by atoms with Gasteiger partial charge in [-0.05, 0) is 29.7 Å². The summed E-state index contributed by atoms with van der Waals surface area (Å²) in [5, 5.41) is 19.1. The second kappa shape index (κ2) is 3.55. The van der Waals surface area contributed by atoms with Gasteiger partial charge in [-0.15, -0.1) is 0 Å². The smallest absolute Gasteiger partial charge is 0.311 e. The van der Waals surface area contributed by atoms with E-state index in [0.717, 1.165) is 5.56 Å². The third-order valence-corrected chi connectivity index (χ3v) is 2.77. The standard InChI is InChI=1S/C11H12O4/c1-15-11(14)9-4-6-2-3-7(12)5-8(6)10(9)13/h2-3,5,9-10,12-13H,4H2,1H3. The Hall–Kier alpha value is -1.55. The van der Waals surface area contributed by atoms with E-state index in [1.807, 2.05) is 0 Å². The fourth-order valence-corrected chi connectivity index (χ4v) is 1.97. The Kier molecular flexibility index (Phi) is 2.36. The fraction of sp³-hybridized carbons (Fsp3) is 0.364. The first-order valence-corrected chi connectivity index (χ1v) is 4.71. The van der Waals surface area contributed by atoms with Crippen molar-refractivity contribution in [2.24, 2.45) is 5.92 Å². The fourth-order valence-electron chi connectivity index (χ4n) is 1.97. The predicted octanol–water partition coefficient (Wildman–Crippen LogP) is 0.771. The zero-order valence-corrected chi connectivity index (χ0v) is 8.30. The van der Waals surface area contributed by atoms with Crippen molar-refractivity contribution in [3.8, 4) is 5.75 Å². The van der Waals surface area contributed by atoms with E-state index in [9.17, 15) is 15.0 Å². The molecule has 80 valence electrons. The van der Waals surface area contributed by atoms with Crippen LogP contribution in [0.5, 0.6) is 5.75 Å². The van der Waals surface area contributed by atoms with Crippen LogP contribution in [-0.4, -0.2) is 23.3 Å². The van der Waals surface area contributed by atoms with Gasteiger partial charge >= 0.3 is 5.97 Å². The van der Waals surface area contributed by atoms with Crippen molar-refractivity contribution in [1.82, 2.24) is 0 Å². The Balaban J connectivity index is 2.33. The highest BCUT2D eigenvalue weighted by Crippen LogP contribution is 2.38. The molecule has 0 spiro atoms. The van der Waals surface area contributed by atoms with Crippen molar-refractivity contribution < 1.29 is 19.7 Å². The Bertz CT molecular complexity index is 400. The number of carbonyl (C=O) groups is 1. The number of hydrogen-bond acceptors (Lipinski definition) is 4. The molecular weight excluding hydrogens is 196 g/mol. The van der Waals surface area contributed by atoms with Crippen molar-refractivity contribution >= 4 is 5.97 Å². The quantitative estimate of drug-likeness (QED) is 0.669. The number of phenols is 1. The second-order valence-corrected chi connectivity index (χ2v) is 3.66. The molecule has 0 saturated carbocycles. The van der Waals surface area contributed by atoms with E-state index in [1.165, 1.54) is 13.2 Å². The summed E-state index contributed by atoms with van der Waals surface area (Å²) in [4.78, 5) is 11.3. The van der Waals surface area contributed by atoms with Crippen LogP contribution in [0.4, 0.5) is 0 Å². The number of ether oxygens (including phenoxy) is 1. The van der Waals surface area contributed by atoms with Gasteiger partial charge in [-0.2, -0.15) is 0 Å². The maximum atomic E-state index is 11.3. The molecule has 0 saturated heterocycles. The molecule has 0 fully saturated rings. The third-order valence-electron chi connectivity index (χ3n) is 2.77. The molecule has 0 bridgehead atoms. The Labute approximate surface area is 87.1 Å². The maximum Gasteiger partial charge on any atom is 0.311 e. The monoisotopic (exact) mass is 208 g/mol. The average Bonchev–Trinajstić information content (AvgIpc) is 2.55. The number of fused-ring (bicyclic) bond motifs is 1. The van der Waals surface area contributed by atoms with Crippen LogP contribution in [0, 0.1) is 5.92 Å². The van der Waals surface area contributed by atoms with Crippen LogP contribution >= 0.6 is 0 Å². The van der Waals surface area contributed by atoms with Crippen LogP contribution in [0.25, 0.3) is 0 Å². The number of aliphatic hydroxyl groups excluding tert-OH is 1. The largest absolute Gasteiger partial charge is 0.508 e. The summed E-state index contributed by atoms with van der Waals surface area (Å²) in [6.45, 7) is 0. The number of carbonyl (C=O) groups excluding carboxylic acids is 1. The molecule has 2 N–H and O–H groups in total. The van der Waals surface area contributed by atoms with E-state index in [4.69, 9.17) is 0 Å². The van der Waals surface area contributed by atoms with Gasteiger partial charge in [-0.1, -0.05) is 6.07 Å². The second-order valence-electron chi connectivity index (χ2n) is 3.66. The highest BCUT2D eigenvalue weighted by Gasteiger charge is 2.36. The molecule has 1 aromatic carbocycles. The van der Waals surface area contributed by atoms with Gasteiger partial charge in [-0.3, -0.25) is 4.79 Å². The lowest BCUT2D eigenvalue weighted by Gasteiger charge is -2.11. The van der Waals surface area contributed by atoms with Gasteiger partial charge in [-0.25, -0.2) is 0 Å². The summed E-state index contributed by atoms with van der Waals surface area (Å²) < 4.78 is 4.60. The minimum Gasteiger partial charge on any atom is -0.508 e. The Morgan fingerprint density at radius 1 is 1.53 bits per heavy atom. The molecule has 4 nitrogen and oxygen atoms in total.